The van der Waals surface area contributed by atoms with Crippen molar-refractivity contribution in [1.29, 1.82) is 0 Å². The highest BCUT2D eigenvalue weighted by Crippen LogP contribution is 2.29. The third-order valence-electron chi connectivity index (χ3n) is 4.08. The first-order valence-corrected chi connectivity index (χ1v) is 13.4. The molecule has 5 heteroatoms. The lowest BCUT2D eigenvalue weighted by Crippen LogP contribution is -2.21. The predicted octanol–water partition coefficient (Wildman–Crippen LogP) is 5.64. The molecule has 3 nitrogen and oxygen atoms in total. The molecule has 0 fully saturated rings. The number of ether oxygens (including phenoxy) is 1. The molecule has 0 atom stereocenters. The van der Waals surface area contributed by atoms with Gasteiger partial charge in [0.25, 0.3) is 0 Å². The molecule has 25 heavy (non-hydrogen) atoms. The van der Waals surface area contributed by atoms with Crippen molar-refractivity contribution in [3.63, 3.8) is 0 Å². The molecule has 0 saturated heterocycles. The van der Waals surface area contributed by atoms with E-state index in [-0.39, 0.29) is 0 Å². The zero-order valence-electron chi connectivity index (χ0n) is 15.2. The molecule has 0 aliphatic heterocycles. The van der Waals surface area contributed by atoms with Gasteiger partial charge in [-0.15, -0.1) is 11.8 Å². The summed E-state index contributed by atoms with van der Waals surface area (Å²) in [5.74, 6) is 0.958. The molecule has 3 aromatic rings. The smallest absolute Gasteiger partial charge is 0.124 e. The summed E-state index contributed by atoms with van der Waals surface area (Å²) in [6, 6.07) is 18.1. The van der Waals surface area contributed by atoms with Crippen molar-refractivity contribution in [1.82, 2.24) is 9.55 Å². The van der Waals surface area contributed by atoms with Crippen molar-refractivity contribution in [2.24, 2.45) is 0 Å². The molecule has 1 heterocycles. The van der Waals surface area contributed by atoms with E-state index in [0.29, 0.717) is 6.73 Å². The maximum absolute atomic E-state index is 5.88. The molecule has 1 aromatic heterocycles. The summed E-state index contributed by atoms with van der Waals surface area (Å²) in [6.07, 6.45) is 1.89. The number of thioether (sulfide) groups is 1. The van der Waals surface area contributed by atoms with Crippen LogP contribution in [0.2, 0.25) is 25.7 Å². The van der Waals surface area contributed by atoms with Gasteiger partial charge in [0.05, 0.1) is 11.8 Å². The lowest BCUT2D eigenvalue weighted by Gasteiger charge is -2.15. The zero-order valence-corrected chi connectivity index (χ0v) is 17.1. The second-order valence-electron chi connectivity index (χ2n) is 7.46. The van der Waals surface area contributed by atoms with E-state index in [0.717, 1.165) is 23.4 Å². The Kier molecular flexibility index (Phi) is 5.99. The van der Waals surface area contributed by atoms with Crippen LogP contribution in [0.4, 0.5) is 0 Å². The minimum atomic E-state index is -1.04. The van der Waals surface area contributed by atoms with Crippen LogP contribution in [-0.2, 0) is 17.2 Å². The first kappa shape index (κ1) is 18.2. The SMILES string of the molecule is C[Si](C)(C)CCOCn1cnc2c(SCc3ccccc3)cccc21. The van der Waals surface area contributed by atoms with Crippen LogP contribution in [0.3, 0.4) is 0 Å². The van der Waals surface area contributed by atoms with Gasteiger partial charge in [-0.25, -0.2) is 4.98 Å². The number of hydrogen-bond acceptors (Lipinski definition) is 3. The molecule has 0 aliphatic carbocycles. The summed E-state index contributed by atoms with van der Waals surface area (Å²) < 4.78 is 7.99. The molecule has 2 aromatic carbocycles. The number of benzene rings is 2. The number of para-hydroxylation sites is 1. The Morgan fingerprint density at radius 1 is 1.04 bits per heavy atom. The van der Waals surface area contributed by atoms with E-state index in [1.54, 1.807) is 0 Å². The van der Waals surface area contributed by atoms with Gasteiger partial charge < -0.3 is 9.30 Å². The van der Waals surface area contributed by atoms with Crippen LogP contribution in [0.5, 0.6) is 0 Å². The Labute approximate surface area is 155 Å². The van der Waals surface area contributed by atoms with Crippen molar-refractivity contribution >= 4 is 30.9 Å². The predicted molar refractivity (Wildman–Crippen MR) is 110 cm³/mol. The van der Waals surface area contributed by atoms with E-state index in [1.807, 2.05) is 18.1 Å². The summed E-state index contributed by atoms with van der Waals surface area (Å²) in [7, 11) is -1.04. The van der Waals surface area contributed by atoms with Crippen LogP contribution in [-0.4, -0.2) is 24.2 Å². The van der Waals surface area contributed by atoms with Gasteiger partial charge in [-0.05, 0) is 23.7 Å². The molecule has 0 unspecified atom stereocenters. The maximum atomic E-state index is 5.88. The number of aromatic nitrogens is 2. The average molecular weight is 371 g/mol. The van der Waals surface area contributed by atoms with E-state index in [1.165, 1.54) is 16.5 Å². The molecule has 0 radical (unpaired) electrons. The van der Waals surface area contributed by atoms with Crippen LogP contribution in [0.15, 0.2) is 59.8 Å². The number of hydrogen-bond donors (Lipinski definition) is 0. The van der Waals surface area contributed by atoms with Crippen molar-refractivity contribution < 1.29 is 4.74 Å². The quantitative estimate of drug-likeness (QED) is 0.292. The van der Waals surface area contributed by atoms with Crippen molar-refractivity contribution in [3.05, 3.63) is 60.4 Å². The highest BCUT2D eigenvalue weighted by Gasteiger charge is 2.12. The maximum Gasteiger partial charge on any atom is 0.124 e. The molecule has 0 spiro atoms. The van der Waals surface area contributed by atoms with Gasteiger partial charge in [0.15, 0.2) is 0 Å². The fourth-order valence-electron chi connectivity index (χ4n) is 2.56. The van der Waals surface area contributed by atoms with Gasteiger partial charge in [0.2, 0.25) is 0 Å². The van der Waals surface area contributed by atoms with Gasteiger partial charge in [-0.3, -0.25) is 0 Å². The van der Waals surface area contributed by atoms with Crippen LogP contribution in [0.1, 0.15) is 5.56 Å². The topological polar surface area (TPSA) is 27.1 Å². The second-order valence-corrected chi connectivity index (χ2v) is 14.1. The van der Waals surface area contributed by atoms with Gasteiger partial charge in [-0.2, -0.15) is 0 Å². The third-order valence-corrected chi connectivity index (χ3v) is 6.90. The zero-order chi connectivity index (χ0) is 17.7. The summed E-state index contributed by atoms with van der Waals surface area (Å²) >= 11 is 1.84. The molecular formula is C20H26N2OSSi. The molecule has 3 rings (SSSR count). The second kappa shape index (κ2) is 8.21. The van der Waals surface area contributed by atoms with E-state index in [9.17, 15) is 0 Å². The van der Waals surface area contributed by atoms with E-state index >= 15 is 0 Å². The van der Waals surface area contributed by atoms with Crippen molar-refractivity contribution in [2.45, 2.75) is 43.1 Å². The van der Waals surface area contributed by atoms with Crippen molar-refractivity contribution in [2.75, 3.05) is 6.61 Å². The number of rotatable bonds is 8. The monoisotopic (exact) mass is 370 g/mol. The summed E-state index contributed by atoms with van der Waals surface area (Å²) in [6.45, 7) is 8.53. The van der Waals surface area contributed by atoms with Gasteiger partial charge >= 0.3 is 0 Å². The normalized spacial score (nSPS) is 12.0. The van der Waals surface area contributed by atoms with Gasteiger partial charge in [0.1, 0.15) is 12.2 Å². The van der Waals surface area contributed by atoms with Crippen LogP contribution < -0.4 is 0 Å². The molecule has 0 saturated carbocycles. The minimum Gasteiger partial charge on any atom is -0.361 e. The van der Waals surface area contributed by atoms with Crippen LogP contribution in [0.25, 0.3) is 11.0 Å². The number of fused-ring (bicyclic) bond motifs is 1. The highest BCUT2D eigenvalue weighted by molar-refractivity contribution is 7.98. The standard InChI is InChI=1S/C20H26N2OSSi/c1-25(2,3)13-12-23-16-22-15-21-20-18(22)10-7-11-19(20)24-14-17-8-5-4-6-9-17/h4-11,15H,12-14,16H2,1-3H3. The summed E-state index contributed by atoms with van der Waals surface area (Å²) in [5, 5.41) is 0. The number of imidazole rings is 1. The first-order valence-electron chi connectivity index (χ1n) is 8.71. The molecule has 132 valence electrons. The van der Waals surface area contributed by atoms with Crippen LogP contribution >= 0.6 is 11.8 Å². The van der Waals surface area contributed by atoms with E-state index < -0.39 is 8.07 Å². The molecule has 0 bridgehead atoms. The largest absolute Gasteiger partial charge is 0.361 e. The van der Waals surface area contributed by atoms with E-state index in [2.05, 4.69) is 77.7 Å². The molecule has 0 amide bonds. The Hall–Kier alpha value is -1.56. The van der Waals surface area contributed by atoms with Gasteiger partial charge in [0, 0.05) is 25.3 Å². The lowest BCUT2D eigenvalue weighted by atomic mass is 10.2. The van der Waals surface area contributed by atoms with E-state index in [4.69, 9.17) is 4.74 Å². The highest BCUT2D eigenvalue weighted by atomic mass is 32.2. The van der Waals surface area contributed by atoms with Crippen LogP contribution in [0, 0.1) is 0 Å². The Bertz CT molecular complexity index is 811. The number of nitrogens with zero attached hydrogens (tertiary/aromatic N) is 2. The Balaban J connectivity index is 1.65. The minimum absolute atomic E-state index is 0.577. The molecule has 0 N–H and O–H groups in total. The first-order chi connectivity index (χ1) is 12.0. The Morgan fingerprint density at radius 2 is 1.84 bits per heavy atom. The molecular weight excluding hydrogens is 344 g/mol. The van der Waals surface area contributed by atoms with Crippen molar-refractivity contribution in [3.8, 4) is 0 Å². The van der Waals surface area contributed by atoms with Gasteiger partial charge in [-0.1, -0.05) is 56.0 Å². The third kappa shape index (κ3) is 5.20. The fraction of sp³-hybridized carbons (Fsp3) is 0.350. The molecule has 0 aliphatic rings. The average Bonchev–Trinajstić information content (AvgIpc) is 3.01. The summed E-state index contributed by atoms with van der Waals surface area (Å²) in [5.41, 5.74) is 3.54. The fourth-order valence-corrected chi connectivity index (χ4v) is 4.30. The summed E-state index contributed by atoms with van der Waals surface area (Å²) in [4.78, 5) is 5.85. The lowest BCUT2D eigenvalue weighted by molar-refractivity contribution is 0.0898. The Morgan fingerprint density at radius 3 is 2.60 bits per heavy atom.